The lowest BCUT2D eigenvalue weighted by atomic mass is 10.2. The molecule has 9 nitrogen and oxygen atoms in total. The number of nitrogens with one attached hydrogen (secondary N) is 2. The maximum Gasteiger partial charge on any atom is 0.276 e. The Morgan fingerprint density at radius 1 is 1.48 bits per heavy atom. The Morgan fingerprint density at radius 3 is 2.84 bits per heavy atom. The zero-order chi connectivity index (χ0) is 22.9. The third-order valence-corrected chi connectivity index (χ3v) is 5.86. The Labute approximate surface area is 174 Å². The number of halogens is 3. The number of aliphatic hydroxyl groups is 1. The number of anilines is 1. The number of hydrogen-bond acceptors (Lipinski definition) is 6. The van der Waals surface area contributed by atoms with Crippen LogP contribution in [0, 0.1) is 17.1 Å². The molecule has 0 fully saturated rings. The first-order valence-electron chi connectivity index (χ1n) is 8.60. The largest absolute Gasteiger partial charge is 0.488 e. The number of amides is 1. The SMILES string of the molecule is Cn1cc2c(c1C(=O)Nc1ccc(F)c(C#N)c1)OC[C@H]([C@H](O)C=C(F)F)NS2(=O)=O. The highest BCUT2D eigenvalue weighted by atomic mass is 32.2. The van der Waals surface area contributed by atoms with Gasteiger partial charge in [0, 0.05) is 25.0 Å². The molecule has 164 valence electrons. The lowest BCUT2D eigenvalue weighted by molar-refractivity contribution is 0.101. The molecule has 3 rings (SSSR count). The molecule has 0 spiro atoms. The Kier molecular flexibility index (Phi) is 6.07. The first-order chi connectivity index (χ1) is 14.5. The highest BCUT2D eigenvalue weighted by Gasteiger charge is 2.36. The first kappa shape index (κ1) is 22.3. The number of carbonyl (C=O) groups excluding carboxylic acids is 1. The molecular weight excluding hydrogens is 441 g/mol. The number of fused-ring (bicyclic) bond motifs is 1. The number of rotatable bonds is 4. The molecule has 0 radical (unpaired) electrons. The maximum atomic E-state index is 13.5. The fraction of sp³-hybridized carbons (Fsp3) is 0.222. The number of sulfonamides is 1. The van der Waals surface area contributed by atoms with Crippen LogP contribution in [0.2, 0.25) is 0 Å². The van der Waals surface area contributed by atoms with Crippen LogP contribution in [0.3, 0.4) is 0 Å². The fourth-order valence-electron chi connectivity index (χ4n) is 2.93. The molecule has 1 aliphatic heterocycles. The third-order valence-electron chi connectivity index (χ3n) is 4.37. The average molecular weight is 456 g/mol. The second kappa shape index (κ2) is 8.42. The molecule has 2 atom stereocenters. The molecule has 0 saturated heterocycles. The van der Waals surface area contributed by atoms with Crippen LogP contribution in [0.5, 0.6) is 5.75 Å². The topological polar surface area (TPSA) is 133 Å². The van der Waals surface area contributed by atoms with Gasteiger partial charge >= 0.3 is 0 Å². The van der Waals surface area contributed by atoms with Crippen molar-refractivity contribution < 1.29 is 36.2 Å². The molecule has 0 unspecified atom stereocenters. The van der Waals surface area contributed by atoms with Crippen molar-refractivity contribution in [3.05, 3.63) is 53.6 Å². The summed E-state index contributed by atoms with van der Waals surface area (Å²) in [5.74, 6) is -1.96. The second-order valence-corrected chi connectivity index (χ2v) is 8.21. The minimum atomic E-state index is -4.34. The van der Waals surface area contributed by atoms with E-state index < -0.39 is 51.5 Å². The smallest absolute Gasteiger partial charge is 0.276 e. The Balaban J connectivity index is 1.95. The van der Waals surface area contributed by atoms with Gasteiger partial charge in [0.1, 0.15) is 23.4 Å². The molecule has 1 aromatic heterocycles. The average Bonchev–Trinajstić information content (AvgIpc) is 2.96. The summed E-state index contributed by atoms with van der Waals surface area (Å²) < 4.78 is 72.2. The quantitative estimate of drug-likeness (QED) is 0.638. The molecule has 1 aliphatic rings. The Hall–Kier alpha value is -3.34. The zero-order valence-electron chi connectivity index (χ0n) is 15.8. The van der Waals surface area contributed by atoms with Crippen LogP contribution in [-0.4, -0.2) is 42.8 Å². The van der Waals surface area contributed by atoms with Gasteiger partial charge < -0.3 is 19.7 Å². The Morgan fingerprint density at radius 2 is 2.19 bits per heavy atom. The summed E-state index contributed by atoms with van der Waals surface area (Å²) in [5.41, 5.74) is -0.466. The number of aliphatic hydroxyl groups excluding tert-OH is 1. The van der Waals surface area contributed by atoms with Crippen molar-refractivity contribution in [1.82, 2.24) is 9.29 Å². The van der Waals surface area contributed by atoms with Gasteiger partial charge in [-0.25, -0.2) is 17.5 Å². The van der Waals surface area contributed by atoms with Gasteiger partial charge in [0.25, 0.3) is 12.0 Å². The molecule has 0 aliphatic carbocycles. The normalized spacial score (nSPS) is 18.0. The monoisotopic (exact) mass is 456 g/mol. The van der Waals surface area contributed by atoms with Gasteiger partial charge in [-0.05, 0) is 18.2 Å². The fourth-order valence-corrected chi connectivity index (χ4v) is 4.36. The molecular formula is C18H15F3N4O5S. The summed E-state index contributed by atoms with van der Waals surface area (Å²) in [6, 6.07) is 3.48. The predicted molar refractivity (Wildman–Crippen MR) is 100 cm³/mol. The molecule has 0 bridgehead atoms. The van der Waals surface area contributed by atoms with Gasteiger partial charge in [-0.2, -0.15) is 14.0 Å². The number of aryl methyl sites for hydroxylation is 1. The summed E-state index contributed by atoms with van der Waals surface area (Å²) in [7, 11) is -2.96. The predicted octanol–water partition coefficient (Wildman–Crippen LogP) is 1.47. The summed E-state index contributed by atoms with van der Waals surface area (Å²) in [6.45, 7) is -0.545. The summed E-state index contributed by atoms with van der Waals surface area (Å²) in [6.07, 6.45) is -2.83. The van der Waals surface area contributed by atoms with E-state index in [1.807, 2.05) is 0 Å². The van der Waals surface area contributed by atoms with Crippen molar-refractivity contribution >= 4 is 21.6 Å². The summed E-state index contributed by atoms with van der Waals surface area (Å²) in [4.78, 5) is 12.3. The van der Waals surface area contributed by atoms with E-state index in [4.69, 9.17) is 10.00 Å². The number of carbonyl (C=O) groups is 1. The van der Waals surface area contributed by atoms with E-state index in [0.29, 0.717) is 0 Å². The maximum absolute atomic E-state index is 13.5. The molecule has 0 saturated carbocycles. The van der Waals surface area contributed by atoms with E-state index in [2.05, 4.69) is 10.0 Å². The van der Waals surface area contributed by atoms with Gasteiger partial charge in [-0.3, -0.25) is 4.79 Å². The van der Waals surface area contributed by atoms with E-state index in [9.17, 15) is 31.5 Å². The van der Waals surface area contributed by atoms with Gasteiger partial charge in [-0.1, -0.05) is 0 Å². The van der Waals surface area contributed by atoms with Crippen LogP contribution in [0.1, 0.15) is 16.1 Å². The van der Waals surface area contributed by atoms with Crippen LogP contribution in [0.4, 0.5) is 18.9 Å². The van der Waals surface area contributed by atoms with E-state index >= 15 is 0 Å². The van der Waals surface area contributed by atoms with Gasteiger partial charge in [0.2, 0.25) is 10.0 Å². The second-order valence-electron chi connectivity index (χ2n) is 6.53. The zero-order valence-corrected chi connectivity index (χ0v) is 16.6. The number of ether oxygens (including phenoxy) is 1. The van der Waals surface area contributed by atoms with Crippen molar-refractivity contribution in [2.75, 3.05) is 11.9 Å². The lowest BCUT2D eigenvalue weighted by Crippen LogP contribution is -2.44. The highest BCUT2D eigenvalue weighted by Crippen LogP contribution is 2.33. The van der Waals surface area contributed by atoms with E-state index in [-0.39, 0.29) is 28.8 Å². The van der Waals surface area contributed by atoms with Crippen molar-refractivity contribution in [3.63, 3.8) is 0 Å². The minimum Gasteiger partial charge on any atom is -0.488 e. The summed E-state index contributed by atoms with van der Waals surface area (Å²) >= 11 is 0. The summed E-state index contributed by atoms with van der Waals surface area (Å²) in [5, 5.41) is 21.1. The number of benzene rings is 1. The lowest BCUT2D eigenvalue weighted by Gasteiger charge is -2.18. The van der Waals surface area contributed by atoms with E-state index in [0.717, 1.165) is 18.3 Å². The van der Waals surface area contributed by atoms with Crippen LogP contribution in [0.15, 0.2) is 41.4 Å². The van der Waals surface area contributed by atoms with Crippen LogP contribution >= 0.6 is 0 Å². The van der Waals surface area contributed by atoms with Crippen LogP contribution < -0.4 is 14.8 Å². The van der Waals surface area contributed by atoms with Crippen LogP contribution in [-0.2, 0) is 17.1 Å². The molecule has 2 heterocycles. The molecule has 31 heavy (non-hydrogen) atoms. The molecule has 13 heteroatoms. The first-order valence-corrected chi connectivity index (χ1v) is 10.1. The van der Waals surface area contributed by atoms with Crippen molar-refractivity contribution in [2.45, 2.75) is 17.0 Å². The molecule has 2 aromatic rings. The molecule has 1 amide bonds. The van der Waals surface area contributed by atoms with Gasteiger partial charge in [0.05, 0.1) is 17.7 Å². The number of nitriles is 1. The molecule has 3 N–H and O–H groups in total. The molecule has 1 aromatic carbocycles. The number of nitrogens with zero attached hydrogens (tertiary/aromatic N) is 2. The van der Waals surface area contributed by atoms with Crippen molar-refractivity contribution in [1.29, 1.82) is 5.26 Å². The van der Waals surface area contributed by atoms with E-state index in [1.54, 1.807) is 6.07 Å². The van der Waals surface area contributed by atoms with E-state index in [1.165, 1.54) is 17.7 Å². The number of aromatic nitrogens is 1. The highest BCUT2D eigenvalue weighted by molar-refractivity contribution is 7.89. The van der Waals surface area contributed by atoms with Crippen LogP contribution in [0.25, 0.3) is 0 Å². The third kappa shape index (κ3) is 4.55. The van der Waals surface area contributed by atoms with Crippen molar-refractivity contribution in [3.8, 4) is 11.8 Å². The minimum absolute atomic E-state index is 0.0735. The van der Waals surface area contributed by atoms with Gasteiger partial charge in [-0.15, -0.1) is 0 Å². The Bertz CT molecular complexity index is 1220. The standard InChI is InChI=1S/C18H15F3N4O5S/c1-25-7-14-17(30-8-12(24-31(14,28)29)13(26)5-15(20)21)16(25)18(27)23-10-2-3-11(19)9(4-10)6-22/h2-5,7,12-13,24,26H,8H2,1H3,(H,23,27)/t12-,13-/m1/s1. The van der Waals surface area contributed by atoms with Gasteiger partial charge in [0.15, 0.2) is 11.4 Å². The number of hydrogen-bond donors (Lipinski definition) is 3. The van der Waals surface area contributed by atoms with Crippen molar-refractivity contribution in [2.24, 2.45) is 7.05 Å².